The maximum absolute atomic E-state index is 9.28. The lowest BCUT2D eigenvalue weighted by molar-refractivity contribution is 0.237. The molecular formula is C12H9Cl3O. The Balaban J connectivity index is 2.59. The van der Waals surface area contributed by atoms with Crippen LogP contribution >= 0.6 is 34.8 Å². The van der Waals surface area contributed by atoms with E-state index in [1.165, 1.54) is 0 Å². The SMILES string of the molecule is OC(C#C/C=C/c1ccccc1)C(Cl)(Cl)Cl. The Labute approximate surface area is 110 Å². The van der Waals surface area contributed by atoms with Crippen LogP contribution in [0.1, 0.15) is 5.56 Å². The molecule has 1 unspecified atom stereocenters. The molecule has 1 rings (SSSR count). The van der Waals surface area contributed by atoms with Gasteiger partial charge in [0.15, 0.2) is 6.10 Å². The highest BCUT2D eigenvalue weighted by Crippen LogP contribution is 2.29. The predicted molar refractivity (Wildman–Crippen MR) is 69.5 cm³/mol. The van der Waals surface area contributed by atoms with Crippen LogP contribution in [0.15, 0.2) is 36.4 Å². The number of aliphatic hydroxyl groups is 1. The molecule has 1 nitrogen and oxygen atoms in total. The molecule has 0 saturated heterocycles. The van der Waals surface area contributed by atoms with E-state index in [1.807, 2.05) is 30.3 Å². The Hall–Kier alpha value is -0.650. The smallest absolute Gasteiger partial charge is 0.227 e. The zero-order valence-corrected chi connectivity index (χ0v) is 10.5. The average Bonchev–Trinajstić information content (AvgIpc) is 2.24. The number of allylic oxidation sites excluding steroid dienone is 1. The number of hydrogen-bond donors (Lipinski definition) is 1. The van der Waals surface area contributed by atoms with Gasteiger partial charge in [-0.15, -0.1) is 0 Å². The van der Waals surface area contributed by atoms with Crippen molar-refractivity contribution in [3.63, 3.8) is 0 Å². The summed E-state index contributed by atoms with van der Waals surface area (Å²) in [6.07, 6.45) is 2.10. The van der Waals surface area contributed by atoms with Crippen molar-refractivity contribution in [2.45, 2.75) is 9.90 Å². The monoisotopic (exact) mass is 274 g/mol. The summed E-state index contributed by atoms with van der Waals surface area (Å²) in [4.78, 5) is 0. The van der Waals surface area contributed by atoms with Crippen LogP contribution in [0.2, 0.25) is 0 Å². The van der Waals surface area contributed by atoms with Crippen LogP contribution in [-0.2, 0) is 0 Å². The van der Waals surface area contributed by atoms with Crippen LogP contribution in [0.3, 0.4) is 0 Å². The standard InChI is InChI=1S/C12H9Cl3O/c13-12(14,15)11(16)9-5-4-8-10-6-2-1-3-7-10/h1-4,6-8,11,16H/b8-4+. The molecule has 0 aliphatic heterocycles. The predicted octanol–water partition coefficient (Wildman–Crippen LogP) is 3.43. The number of rotatable bonds is 1. The lowest BCUT2D eigenvalue weighted by Gasteiger charge is -2.11. The van der Waals surface area contributed by atoms with Crippen LogP contribution < -0.4 is 0 Å². The summed E-state index contributed by atoms with van der Waals surface area (Å²) in [5.41, 5.74) is 1.01. The molecule has 16 heavy (non-hydrogen) atoms. The number of alkyl halides is 3. The fourth-order valence-corrected chi connectivity index (χ4v) is 1.07. The molecule has 4 heteroatoms. The molecule has 0 aliphatic rings. The first-order chi connectivity index (χ1) is 7.50. The molecule has 1 aromatic carbocycles. The molecule has 0 saturated carbocycles. The summed E-state index contributed by atoms with van der Waals surface area (Å²) in [6.45, 7) is 0. The van der Waals surface area contributed by atoms with E-state index in [1.54, 1.807) is 12.2 Å². The molecule has 0 heterocycles. The zero-order valence-electron chi connectivity index (χ0n) is 8.20. The maximum atomic E-state index is 9.28. The quantitative estimate of drug-likeness (QED) is 0.615. The van der Waals surface area contributed by atoms with Gasteiger partial charge in [0.2, 0.25) is 3.79 Å². The van der Waals surface area contributed by atoms with Gasteiger partial charge in [0, 0.05) is 0 Å². The van der Waals surface area contributed by atoms with Gasteiger partial charge in [-0.2, -0.15) is 0 Å². The van der Waals surface area contributed by atoms with Crippen molar-refractivity contribution >= 4 is 40.9 Å². The first-order valence-corrected chi connectivity index (χ1v) is 5.61. The van der Waals surface area contributed by atoms with E-state index in [-0.39, 0.29) is 0 Å². The molecule has 0 bridgehead atoms. The van der Waals surface area contributed by atoms with Crippen molar-refractivity contribution in [1.82, 2.24) is 0 Å². The fraction of sp³-hybridized carbons (Fsp3) is 0.167. The molecule has 1 aromatic rings. The van der Waals surface area contributed by atoms with Gasteiger partial charge in [-0.3, -0.25) is 0 Å². The van der Waals surface area contributed by atoms with Crippen molar-refractivity contribution < 1.29 is 5.11 Å². The minimum atomic E-state index is -1.77. The van der Waals surface area contributed by atoms with E-state index in [9.17, 15) is 5.11 Å². The molecule has 0 amide bonds. The van der Waals surface area contributed by atoms with Gasteiger partial charge in [0.05, 0.1) is 0 Å². The van der Waals surface area contributed by atoms with E-state index >= 15 is 0 Å². The fourth-order valence-electron chi connectivity index (χ4n) is 0.911. The third kappa shape index (κ3) is 4.92. The van der Waals surface area contributed by atoms with E-state index in [0.29, 0.717) is 0 Å². The normalized spacial score (nSPS) is 13.2. The zero-order chi connectivity index (χ0) is 12.0. The Kier molecular flexibility index (Phi) is 5.18. The average molecular weight is 276 g/mol. The first-order valence-electron chi connectivity index (χ1n) is 4.47. The number of halogens is 3. The van der Waals surface area contributed by atoms with Crippen molar-refractivity contribution in [3.8, 4) is 11.8 Å². The van der Waals surface area contributed by atoms with Gasteiger partial charge in [0.1, 0.15) is 0 Å². The van der Waals surface area contributed by atoms with Crippen LogP contribution in [0, 0.1) is 11.8 Å². The van der Waals surface area contributed by atoms with Gasteiger partial charge in [-0.05, 0) is 17.7 Å². The number of benzene rings is 1. The van der Waals surface area contributed by atoms with Gasteiger partial charge >= 0.3 is 0 Å². The topological polar surface area (TPSA) is 20.2 Å². The molecule has 0 fully saturated rings. The van der Waals surface area contributed by atoms with E-state index < -0.39 is 9.90 Å². The molecule has 0 radical (unpaired) electrons. The summed E-state index contributed by atoms with van der Waals surface area (Å²) >= 11 is 16.3. The van der Waals surface area contributed by atoms with E-state index in [4.69, 9.17) is 34.8 Å². The largest absolute Gasteiger partial charge is 0.376 e. The second-order valence-electron chi connectivity index (χ2n) is 2.98. The second-order valence-corrected chi connectivity index (χ2v) is 5.35. The summed E-state index contributed by atoms with van der Waals surface area (Å²) in [5, 5.41) is 9.28. The van der Waals surface area contributed by atoms with Crippen molar-refractivity contribution in [3.05, 3.63) is 42.0 Å². The third-order valence-corrected chi connectivity index (χ3v) is 2.31. The Morgan fingerprint density at radius 2 is 1.81 bits per heavy atom. The van der Waals surface area contributed by atoms with E-state index in [2.05, 4.69) is 11.8 Å². The molecule has 0 aliphatic carbocycles. The van der Waals surface area contributed by atoms with Crippen LogP contribution in [0.5, 0.6) is 0 Å². The molecule has 1 N–H and O–H groups in total. The van der Waals surface area contributed by atoms with Crippen molar-refractivity contribution in [1.29, 1.82) is 0 Å². The molecule has 1 atom stereocenters. The molecular weight excluding hydrogens is 266 g/mol. The lowest BCUT2D eigenvalue weighted by atomic mass is 10.2. The maximum Gasteiger partial charge on any atom is 0.227 e. The minimum Gasteiger partial charge on any atom is -0.376 e. The number of aliphatic hydroxyl groups excluding tert-OH is 1. The molecule has 0 spiro atoms. The summed E-state index contributed by atoms with van der Waals surface area (Å²) in [7, 11) is 0. The van der Waals surface area contributed by atoms with Crippen LogP contribution in [0.4, 0.5) is 0 Å². The van der Waals surface area contributed by atoms with Crippen molar-refractivity contribution in [2.75, 3.05) is 0 Å². The Morgan fingerprint density at radius 1 is 1.19 bits per heavy atom. The highest BCUT2D eigenvalue weighted by Gasteiger charge is 2.28. The Morgan fingerprint density at radius 3 is 2.38 bits per heavy atom. The van der Waals surface area contributed by atoms with Gasteiger partial charge in [0.25, 0.3) is 0 Å². The van der Waals surface area contributed by atoms with Gasteiger partial charge in [-0.25, -0.2) is 0 Å². The lowest BCUT2D eigenvalue weighted by Crippen LogP contribution is -2.22. The number of hydrogen-bond acceptors (Lipinski definition) is 1. The van der Waals surface area contributed by atoms with Gasteiger partial charge in [-0.1, -0.05) is 77.0 Å². The van der Waals surface area contributed by atoms with Crippen LogP contribution in [-0.4, -0.2) is 15.0 Å². The minimum absolute atomic E-state index is 1.01. The Bertz CT molecular complexity index is 409. The summed E-state index contributed by atoms with van der Waals surface area (Å²) in [5.74, 6) is 5.02. The van der Waals surface area contributed by atoms with Crippen molar-refractivity contribution in [2.24, 2.45) is 0 Å². The van der Waals surface area contributed by atoms with Gasteiger partial charge < -0.3 is 5.11 Å². The highest BCUT2D eigenvalue weighted by atomic mass is 35.6. The highest BCUT2D eigenvalue weighted by molar-refractivity contribution is 6.68. The molecule has 84 valence electrons. The first kappa shape index (κ1) is 13.4. The van der Waals surface area contributed by atoms with E-state index in [0.717, 1.165) is 5.56 Å². The summed E-state index contributed by atoms with van der Waals surface area (Å²) in [6, 6.07) is 9.63. The van der Waals surface area contributed by atoms with Crippen LogP contribution in [0.25, 0.3) is 6.08 Å². The second kappa shape index (κ2) is 6.18. The molecule has 0 aromatic heterocycles. The summed E-state index contributed by atoms with van der Waals surface area (Å²) < 4.78 is -1.77. The third-order valence-electron chi connectivity index (χ3n) is 1.69.